The molecule has 1 saturated heterocycles. The molecule has 1 aromatic carbocycles. The van der Waals surface area contributed by atoms with Gasteiger partial charge in [0.2, 0.25) is 5.89 Å². The predicted molar refractivity (Wildman–Crippen MR) is 115 cm³/mol. The minimum absolute atomic E-state index is 0.155. The topological polar surface area (TPSA) is 89.9 Å². The fraction of sp³-hybridized carbons (Fsp3) is 0.318. The minimum atomic E-state index is -0.155. The first-order valence-electron chi connectivity index (χ1n) is 10.2. The molecule has 3 atom stereocenters. The first kappa shape index (κ1) is 18.5. The van der Waals surface area contributed by atoms with Crippen molar-refractivity contribution < 1.29 is 4.52 Å². The fourth-order valence-electron chi connectivity index (χ4n) is 4.72. The summed E-state index contributed by atoms with van der Waals surface area (Å²) in [4.78, 5) is 28.3. The highest BCUT2D eigenvalue weighted by atomic mass is 35.5. The van der Waals surface area contributed by atoms with Crippen LogP contribution in [0.4, 0.5) is 5.69 Å². The molecule has 1 aliphatic carbocycles. The third-order valence-electron chi connectivity index (χ3n) is 6.41. The van der Waals surface area contributed by atoms with Crippen molar-refractivity contribution in [3.05, 3.63) is 75.5 Å². The van der Waals surface area contributed by atoms with Gasteiger partial charge in [0, 0.05) is 35.9 Å². The van der Waals surface area contributed by atoms with Crippen LogP contribution in [0.3, 0.4) is 0 Å². The second-order valence-corrected chi connectivity index (χ2v) is 8.72. The molecule has 9 heteroatoms. The predicted octanol–water partition coefficient (Wildman–Crippen LogP) is 3.03. The molecule has 156 valence electrons. The Labute approximate surface area is 182 Å². The average molecular weight is 435 g/mol. The summed E-state index contributed by atoms with van der Waals surface area (Å²) in [7, 11) is 0. The molecule has 4 heterocycles. The molecular formula is C22H19ClN6O2. The van der Waals surface area contributed by atoms with Gasteiger partial charge in [-0.05, 0) is 54.7 Å². The highest BCUT2D eigenvalue weighted by molar-refractivity contribution is 6.30. The molecule has 1 aliphatic heterocycles. The Morgan fingerprint density at radius 3 is 2.68 bits per heavy atom. The van der Waals surface area contributed by atoms with Crippen LogP contribution in [-0.4, -0.2) is 37.8 Å². The number of nitrogens with zero attached hydrogens (tertiary/aromatic N) is 6. The van der Waals surface area contributed by atoms with E-state index in [1.54, 1.807) is 12.3 Å². The van der Waals surface area contributed by atoms with E-state index in [1.165, 1.54) is 16.6 Å². The van der Waals surface area contributed by atoms with E-state index in [0.717, 1.165) is 29.5 Å². The highest BCUT2D eigenvalue weighted by Crippen LogP contribution is 2.57. The largest absolute Gasteiger partial charge is 0.371 e. The standard InChI is InChI=1S/C22H19ClN6O2/c1-12-6-7-24-20-18(12)22(30)29(11-25-20)10-17-26-21(27-31-17)19-15-8-28(9-16(15)19)14-4-2-13(23)3-5-14/h2-7,11,15-16,19H,8-10H2,1H3/t15-,16+,19?. The number of aromatic nitrogens is 5. The molecule has 2 aliphatic rings. The summed E-state index contributed by atoms with van der Waals surface area (Å²) in [5.74, 6) is 2.53. The van der Waals surface area contributed by atoms with Crippen LogP contribution >= 0.6 is 11.6 Å². The molecule has 8 nitrogen and oxygen atoms in total. The first-order chi connectivity index (χ1) is 15.1. The second-order valence-electron chi connectivity index (χ2n) is 8.29. The lowest BCUT2D eigenvalue weighted by atomic mass is 10.2. The second kappa shape index (κ2) is 6.88. The molecule has 0 amide bonds. The average Bonchev–Trinajstić information content (AvgIpc) is 3.09. The SMILES string of the molecule is Cc1ccnc2ncn(Cc3nc(C4[C@H]5CN(c6ccc(Cl)cc6)C[C@@H]45)no3)c(=O)c12. The van der Waals surface area contributed by atoms with Crippen LogP contribution in [0.25, 0.3) is 11.0 Å². The van der Waals surface area contributed by atoms with E-state index in [0.29, 0.717) is 34.7 Å². The van der Waals surface area contributed by atoms with Gasteiger partial charge in [-0.15, -0.1) is 0 Å². The van der Waals surface area contributed by atoms with Crippen molar-refractivity contribution in [2.45, 2.75) is 19.4 Å². The van der Waals surface area contributed by atoms with Gasteiger partial charge in [0.25, 0.3) is 5.56 Å². The van der Waals surface area contributed by atoms with Gasteiger partial charge < -0.3 is 9.42 Å². The Morgan fingerprint density at radius 2 is 1.90 bits per heavy atom. The fourth-order valence-corrected chi connectivity index (χ4v) is 4.85. The van der Waals surface area contributed by atoms with Crippen LogP contribution < -0.4 is 10.5 Å². The lowest BCUT2D eigenvalue weighted by molar-refractivity contribution is 0.363. The highest BCUT2D eigenvalue weighted by Gasteiger charge is 2.58. The molecule has 6 rings (SSSR count). The minimum Gasteiger partial charge on any atom is -0.371 e. The Kier molecular flexibility index (Phi) is 4.11. The van der Waals surface area contributed by atoms with Crippen LogP contribution in [0.5, 0.6) is 0 Å². The molecular weight excluding hydrogens is 416 g/mol. The number of anilines is 1. The molecule has 0 N–H and O–H groups in total. The van der Waals surface area contributed by atoms with Crippen molar-refractivity contribution in [3.63, 3.8) is 0 Å². The molecule has 1 unspecified atom stereocenters. The van der Waals surface area contributed by atoms with Gasteiger partial charge in [-0.1, -0.05) is 16.8 Å². The van der Waals surface area contributed by atoms with Crippen molar-refractivity contribution in [1.82, 2.24) is 24.7 Å². The zero-order valence-corrected chi connectivity index (χ0v) is 17.5. The van der Waals surface area contributed by atoms with E-state index in [9.17, 15) is 4.79 Å². The van der Waals surface area contributed by atoms with Crippen LogP contribution in [0.2, 0.25) is 5.02 Å². The summed E-state index contributed by atoms with van der Waals surface area (Å²) >= 11 is 5.99. The number of fused-ring (bicyclic) bond motifs is 2. The number of hydrogen-bond donors (Lipinski definition) is 0. The van der Waals surface area contributed by atoms with Crippen LogP contribution in [0, 0.1) is 18.8 Å². The molecule has 3 aromatic heterocycles. The number of pyridine rings is 1. The van der Waals surface area contributed by atoms with E-state index in [-0.39, 0.29) is 12.1 Å². The number of hydrogen-bond acceptors (Lipinski definition) is 7. The van der Waals surface area contributed by atoms with Crippen LogP contribution in [-0.2, 0) is 6.54 Å². The normalized spacial score (nSPS) is 22.1. The van der Waals surface area contributed by atoms with Gasteiger partial charge in [0.15, 0.2) is 11.5 Å². The molecule has 0 radical (unpaired) electrons. The van der Waals surface area contributed by atoms with Crippen molar-refractivity contribution in [3.8, 4) is 0 Å². The van der Waals surface area contributed by atoms with Crippen molar-refractivity contribution in [2.75, 3.05) is 18.0 Å². The van der Waals surface area contributed by atoms with E-state index in [4.69, 9.17) is 16.1 Å². The Morgan fingerprint density at radius 1 is 1.13 bits per heavy atom. The molecule has 4 aromatic rings. The Bertz CT molecular complexity index is 1340. The van der Waals surface area contributed by atoms with Gasteiger partial charge in [0.1, 0.15) is 12.9 Å². The van der Waals surface area contributed by atoms with Gasteiger partial charge in [-0.25, -0.2) is 9.97 Å². The van der Waals surface area contributed by atoms with Crippen molar-refractivity contribution in [1.29, 1.82) is 0 Å². The van der Waals surface area contributed by atoms with E-state index < -0.39 is 0 Å². The van der Waals surface area contributed by atoms with Crippen LogP contribution in [0.1, 0.15) is 23.2 Å². The third-order valence-corrected chi connectivity index (χ3v) is 6.66. The van der Waals surface area contributed by atoms with Crippen molar-refractivity contribution in [2.24, 2.45) is 11.8 Å². The maximum Gasteiger partial charge on any atom is 0.263 e. The van der Waals surface area contributed by atoms with Gasteiger partial charge >= 0.3 is 0 Å². The molecule has 2 fully saturated rings. The maximum absolute atomic E-state index is 12.8. The zero-order chi connectivity index (χ0) is 21.1. The van der Waals surface area contributed by atoms with Gasteiger partial charge in [-0.2, -0.15) is 4.98 Å². The third kappa shape index (κ3) is 3.09. The monoisotopic (exact) mass is 434 g/mol. The lowest BCUT2D eigenvalue weighted by Crippen LogP contribution is -2.23. The quantitative estimate of drug-likeness (QED) is 0.487. The zero-order valence-electron chi connectivity index (χ0n) is 16.8. The molecule has 0 spiro atoms. The summed E-state index contributed by atoms with van der Waals surface area (Å²) in [5.41, 5.74) is 2.33. The summed E-state index contributed by atoms with van der Waals surface area (Å²) in [6.45, 7) is 4.02. The smallest absolute Gasteiger partial charge is 0.263 e. The summed E-state index contributed by atoms with van der Waals surface area (Å²) in [5, 5.41) is 5.47. The van der Waals surface area contributed by atoms with E-state index in [1.807, 2.05) is 19.1 Å². The van der Waals surface area contributed by atoms with E-state index in [2.05, 4.69) is 37.1 Å². The summed E-state index contributed by atoms with van der Waals surface area (Å²) in [6.07, 6.45) is 3.14. The number of aryl methyl sites for hydroxylation is 1. The van der Waals surface area contributed by atoms with Gasteiger partial charge in [-0.3, -0.25) is 9.36 Å². The molecule has 0 bridgehead atoms. The maximum atomic E-state index is 12.8. The number of halogens is 1. The molecule has 1 saturated carbocycles. The number of rotatable bonds is 4. The summed E-state index contributed by atoms with van der Waals surface area (Å²) in [6, 6.07) is 9.76. The van der Waals surface area contributed by atoms with E-state index >= 15 is 0 Å². The first-order valence-corrected chi connectivity index (χ1v) is 10.6. The summed E-state index contributed by atoms with van der Waals surface area (Å²) < 4.78 is 6.95. The van der Waals surface area contributed by atoms with Crippen molar-refractivity contribution >= 4 is 28.3 Å². The van der Waals surface area contributed by atoms with Crippen LogP contribution in [0.15, 0.2) is 52.2 Å². The Hall–Kier alpha value is -3.26. The number of piperidine rings is 1. The lowest BCUT2D eigenvalue weighted by Gasteiger charge is -2.21. The molecule has 31 heavy (non-hydrogen) atoms. The van der Waals surface area contributed by atoms with Gasteiger partial charge in [0.05, 0.1) is 5.39 Å². The number of benzene rings is 1. The Balaban J connectivity index is 1.17.